The van der Waals surface area contributed by atoms with Gasteiger partial charge in [0.05, 0.1) is 6.04 Å². The summed E-state index contributed by atoms with van der Waals surface area (Å²) in [6.45, 7) is 0. The summed E-state index contributed by atoms with van der Waals surface area (Å²) < 4.78 is 28.2. The second-order valence-corrected chi connectivity index (χ2v) is 5.87. The van der Waals surface area contributed by atoms with Crippen molar-refractivity contribution in [3.63, 3.8) is 0 Å². The average Bonchev–Trinajstić information content (AvgIpc) is 3.32. The quantitative estimate of drug-likeness (QED) is 0.791. The summed E-state index contributed by atoms with van der Waals surface area (Å²) in [6, 6.07) is 9.98. The number of hydrogen-bond donors (Lipinski definition) is 1. The van der Waals surface area contributed by atoms with E-state index in [2.05, 4.69) is 20.8 Å². The number of hydrogen-bond acceptors (Lipinski definition) is 4. The van der Waals surface area contributed by atoms with Crippen LogP contribution in [0.2, 0.25) is 0 Å². The molecule has 1 heterocycles. The summed E-state index contributed by atoms with van der Waals surface area (Å²) in [5.41, 5.74) is 1.25. The maximum atomic E-state index is 13.2. The maximum absolute atomic E-state index is 13.2. The lowest BCUT2D eigenvalue weighted by Crippen LogP contribution is -2.12. The third-order valence-corrected chi connectivity index (χ3v) is 3.91. The highest BCUT2D eigenvalue weighted by atomic mass is 19.1. The summed E-state index contributed by atoms with van der Waals surface area (Å²) in [4.78, 5) is 12.1. The van der Waals surface area contributed by atoms with Gasteiger partial charge in [0.15, 0.2) is 5.82 Å². The number of rotatable bonds is 4. The molecule has 0 atom stereocenters. The maximum Gasteiger partial charge on any atom is 0.255 e. The molecule has 1 aliphatic rings. The van der Waals surface area contributed by atoms with Crippen LogP contribution in [0.5, 0.6) is 0 Å². The first-order valence-corrected chi connectivity index (χ1v) is 7.76. The van der Waals surface area contributed by atoms with E-state index in [0.29, 0.717) is 17.6 Å². The van der Waals surface area contributed by atoms with Gasteiger partial charge in [0.2, 0.25) is 0 Å². The number of nitrogens with one attached hydrogen (secondary N) is 1. The fraction of sp³-hybridized carbons (Fsp3) is 0.176. The monoisotopic (exact) mass is 341 g/mol. The lowest BCUT2D eigenvalue weighted by Gasteiger charge is -2.07. The van der Waals surface area contributed by atoms with Crippen molar-refractivity contribution in [3.05, 3.63) is 59.7 Å². The highest BCUT2D eigenvalue weighted by molar-refractivity contribution is 6.04. The molecule has 0 saturated heterocycles. The topological polar surface area (TPSA) is 72.7 Å². The van der Waals surface area contributed by atoms with Crippen molar-refractivity contribution in [2.75, 3.05) is 5.32 Å². The molecule has 6 nitrogen and oxygen atoms in total. The molecule has 4 rings (SSSR count). The summed E-state index contributed by atoms with van der Waals surface area (Å²) in [5, 5.41) is 14.3. The van der Waals surface area contributed by atoms with Gasteiger partial charge in [-0.25, -0.2) is 13.5 Å². The van der Waals surface area contributed by atoms with E-state index < -0.39 is 17.5 Å². The number of carbonyl (C=O) groups is 1. The summed E-state index contributed by atoms with van der Waals surface area (Å²) >= 11 is 0. The first kappa shape index (κ1) is 15.4. The van der Waals surface area contributed by atoms with Gasteiger partial charge >= 0.3 is 0 Å². The van der Waals surface area contributed by atoms with E-state index in [1.807, 2.05) is 0 Å². The zero-order valence-electron chi connectivity index (χ0n) is 13.0. The smallest absolute Gasteiger partial charge is 0.255 e. The highest BCUT2D eigenvalue weighted by Crippen LogP contribution is 2.36. The molecule has 8 heteroatoms. The Morgan fingerprint density at radius 1 is 1.08 bits per heavy atom. The van der Waals surface area contributed by atoms with E-state index in [4.69, 9.17) is 0 Å². The number of tetrazole rings is 1. The molecule has 0 spiro atoms. The Morgan fingerprint density at radius 3 is 2.40 bits per heavy atom. The Labute approximate surface area is 141 Å². The Balaban J connectivity index is 1.52. The number of benzene rings is 2. The molecule has 1 aromatic heterocycles. The van der Waals surface area contributed by atoms with Gasteiger partial charge in [-0.3, -0.25) is 4.79 Å². The second kappa shape index (κ2) is 6.04. The van der Waals surface area contributed by atoms with E-state index in [1.165, 1.54) is 0 Å². The van der Waals surface area contributed by atoms with E-state index in [0.717, 1.165) is 36.6 Å². The lowest BCUT2D eigenvalue weighted by molar-refractivity contribution is 0.102. The van der Waals surface area contributed by atoms with E-state index in [1.54, 1.807) is 28.9 Å². The minimum atomic E-state index is -0.799. The number of aromatic nitrogens is 4. The van der Waals surface area contributed by atoms with Crippen LogP contribution in [0.25, 0.3) is 11.4 Å². The minimum Gasteiger partial charge on any atom is -0.322 e. The number of amides is 1. The molecule has 0 unspecified atom stereocenters. The molecule has 1 fully saturated rings. The van der Waals surface area contributed by atoms with Crippen LogP contribution in [0, 0.1) is 11.6 Å². The van der Waals surface area contributed by atoms with E-state index in [-0.39, 0.29) is 5.56 Å². The fourth-order valence-corrected chi connectivity index (χ4v) is 2.54. The van der Waals surface area contributed by atoms with Crippen molar-refractivity contribution in [1.82, 2.24) is 20.2 Å². The first-order chi connectivity index (χ1) is 12.1. The molecule has 0 bridgehead atoms. The molecular weight excluding hydrogens is 328 g/mol. The van der Waals surface area contributed by atoms with Gasteiger partial charge < -0.3 is 5.32 Å². The third kappa shape index (κ3) is 3.23. The van der Waals surface area contributed by atoms with Crippen LogP contribution in [0.15, 0.2) is 42.5 Å². The average molecular weight is 341 g/mol. The predicted molar refractivity (Wildman–Crippen MR) is 85.8 cm³/mol. The van der Waals surface area contributed by atoms with Crippen molar-refractivity contribution in [1.29, 1.82) is 0 Å². The van der Waals surface area contributed by atoms with Crippen molar-refractivity contribution < 1.29 is 13.6 Å². The first-order valence-electron chi connectivity index (χ1n) is 7.76. The van der Waals surface area contributed by atoms with Crippen LogP contribution in [0.4, 0.5) is 14.5 Å². The second-order valence-electron chi connectivity index (χ2n) is 5.87. The Bertz CT molecular complexity index is 914. The van der Waals surface area contributed by atoms with Crippen LogP contribution in [-0.4, -0.2) is 26.1 Å². The predicted octanol–water partition coefficient (Wildman–Crippen LogP) is 3.21. The van der Waals surface area contributed by atoms with Crippen molar-refractivity contribution in [3.8, 4) is 11.4 Å². The van der Waals surface area contributed by atoms with Gasteiger partial charge in [-0.15, -0.1) is 5.10 Å². The standard InChI is InChI=1S/C17H13F2N5O/c18-12-7-11(8-13(19)9-12)17(25)20-14-3-1-10(2-4-14)16-21-22-23-24(16)15-5-6-15/h1-4,7-9,15H,5-6H2,(H,20,25). The van der Waals surface area contributed by atoms with Gasteiger partial charge in [0, 0.05) is 22.9 Å². The van der Waals surface area contributed by atoms with Gasteiger partial charge in [0.1, 0.15) is 11.6 Å². The Kier molecular flexibility index (Phi) is 3.72. The Hall–Kier alpha value is -3.16. The molecule has 126 valence electrons. The molecule has 1 N–H and O–H groups in total. The van der Waals surface area contributed by atoms with Gasteiger partial charge in [-0.05, 0) is 59.7 Å². The zero-order chi connectivity index (χ0) is 17.4. The SMILES string of the molecule is O=C(Nc1ccc(-c2nnnn2C2CC2)cc1)c1cc(F)cc(F)c1. The molecule has 0 aliphatic heterocycles. The van der Waals surface area contributed by atoms with Crippen LogP contribution >= 0.6 is 0 Å². The fourth-order valence-electron chi connectivity index (χ4n) is 2.54. The number of anilines is 1. The van der Waals surface area contributed by atoms with Gasteiger partial charge in [-0.2, -0.15) is 0 Å². The molecular formula is C17H13F2N5O. The zero-order valence-corrected chi connectivity index (χ0v) is 13.0. The summed E-state index contributed by atoms with van der Waals surface area (Å²) in [5.74, 6) is -1.51. The number of halogens is 2. The van der Waals surface area contributed by atoms with Crippen molar-refractivity contribution in [2.24, 2.45) is 0 Å². The van der Waals surface area contributed by atoms with Crippen LogP contribution < -0.4 is 5.32 Å². The van der Waals surface area contributed by atoms with E-state index >= 15 is 0 Å². The largest absolute Gasteiger partial charge is 0.322 e. The molecule has 2 aromatic carbocycles. The summed E-state index contributed by atoms with van der Waals surface area (Å²) in [7, 11) is 0. The molecule has 0 radical (unpaired) electrons. The molecule has 3 aromatic rings. The van der Waals surface area contributed by atoms with Crippen LogP contribution in [0.3, 0.4) is 0 Å². The minimum absolute atomic E-state index is 0.0840. The van der Waals surface area contributed by atoms with Gasteiger partial charge in [0.25, 0.3) is 5.91 Å². The molecule has 1 saturated carbocycles. The van der Waals surface area contributed by atoms with Crippen LogP contribution in [0.1, 0.15) is 29.2 Å². The number of carbonyl (C=O) groups excluding carboxylic acids is 1. The molecule has 1 amide bonds. The molecule has 1 aliphatic carbocycles. The lowest BCUT2D eigenvalue weighted by atomic mass is 10.1. The highest BCUT2D eigenvalue weighted by Gasteiger charge is 2.28. The van der Waals surface area contributed by atoms with Crippen molar-refractivity contribution in [2.45, 2.75) is 18.9 Å². The van der Waals surface area contributed by atoms with Crippen molar-refractivity contribution >= 4 is 11.6 Å². The molecule has 25 heavy (non-hydrogen) atoms. The third-order valence-electron chi connectivity index (χ3n) is 3.91. The van der Waals surface area contributed by atoms with Gasteiger partial charge in [-0.1, -0.05) is 0 Å². The Morgan fingerprint density at radius 2 is 1.76 bits per heavy atom. The van der Waals surface area contributed by atoms with E-state index in [9.17, 15) is 13.6 Å². The normalized spacial score (nSPS) is 13.7. The van der Waals surface area contributed by atoms with Crippen LogP contribution in [-0.2, 0) is 0 Å². The summed E-state index contributed by atoms with van der Waals surface area (Å²) in [6.07, 6.45) is 2.13. The number of nitrogens with zero attached hydrogens (tertiary/aromatic N) is 4.